The SMILES string of the molecule is COc1ccc(CN(C(=O)c2nn(C(C)C)c(=O)c3ccccc23)C(C)C2CC2)cc1. The van der Waals surface area contributed by atoms with Crippen LogP contribution < -0.4 is 10.3 Å². The number of methoxy groups -OCH3 is 1. The Balaban J connectivity index is 1.78. The number of hydrogen-bond donors (Lipinski definition) is 0. The van der Waals surface area contributed by atoms with Gasteiger partial charge in [0, 0.05) is 18.0 Å². The molecular formula is C25H29N3O3. The Morgan fingerprint density at radius 2 is 1.74 bits per heavy atom. The molecule has 162 valence electrons. The molecule has 0 saturated heterocycles. The van der Waals surface area contributed by atoms with Gasteiger partial charge in [0.1, 0.15) is 5.75 Å². The predicted molar refractivity (Wildman–Crippen MR) is 121 cm³/mol. The maximum Gasteiger partial charge on any atom is 0.275 e. The molecule has 2 aromatic carbocycles. The van der Waals surface area contributed by atoms with Crippen molar-refractivity contribution in [2.24, 2.45) is 5.92 Å². The molecule has 6 heteroatoms. The number of ether oxygens (including phenoxy) is 1. The lowest BCUT2D eigenvalue weighted by atomic mass is 10.1. The lowest BCUT2D eigenvalue weighted by Gasteiger charge is -2.30. The maximum absolute atomic E-state index is 13.9. The van der Waals surface area contributed by atoms with E-state index in [9.17, 15) is 9.59 Å². The van der Waals surface area contributed by atoms with Crippen LogP contribution >= 0.6 is 0 Å². The summed E-state index contributed by atoms with van der Waals surface area (Å²) in [5.41, 5.74) is 1.20. The zero-order valence-electron chi connectivity index (χ0n) is 18.5. The molecule has 1 aliphatic rings. The van der Waals surface area contributed by atoms with Crippen LogP contribution in [0.1, 0.15) is 55.7 Å². The summed E-state index contributed by atoms with van der Waals surface area (Å²) in [5, 5.41) is 5.68. The van der Waals surface area contributed by atoms with Gasteiger partial charge in [-0.25, -0.2) is 4.68 Å². The molecule has 1 heterocycles. The highest BCUT2D eigenvalue weighted by molar-refractivity contribution is 6.04. The Bertz CT molecular complexity index is 1150. The molecule has 0 spiro atoms. The van der Waals surface area contributed by atoms with Crippen LogP contribution in [-0.4, -0.2) is 33.7 Å². The highest BCUT2D eigenvalue weighted by Crippen LogP contribution is 2.36. The molecule has 1 aliphatic carbocycles. The minimum absolute atomic E-state index is 0.0922. The maximum atomic E-state index is 13.9. The lowest BCUT2D eigenvalue weighted by Crippen LogP contribution is -2.41. The van der Waals surface area contributed by atoms with Gasteiger partial charge >= 0.3 is 0 Å². The topological polar surface area (TPSA) is 64.4 Å². The van der Waals surface area contributed by atoms with E-state index in [0.717, 1.165) is 24.2 Å². The zero-order chi connectivity index (χ0) is 22.1. The first-order valence-corrected chi connectivity index (χ1v) is 10.9. The number of amides is 1. The van der Waals surface area contributed by atoms with Crippen molar-refractivity contribution >= 4 is 16.7 Å². The van der Waals surface area contributed by atoms with E-state index in [2.05, 4.69) is 12.0 Å². The molecular weight excluding hydrogens is 390 g/mol. The second-order valence-electron chi connectivity index (χ2n) is 8.60. The van der Waals surface area contributed by atoms with Gasteiger partial charge in [-0.3, -0.25) is 9.59 Å². The van der Waals surface area contributed by atoms with Crippen molar-refractivity contribution in [2.75, 3.05) is 7.11 Å². The Labute approximate surface area is 182 Å². The molecule has 0 N–H and O–H groups in total. The van der Waals surface area contributed by atoms with Crippen molar-refractivity contribution in [3.8, 4) is 5.75 Å². The molecule has 1 saturated carbocycles. The Hall–Kier alpha value is -3.15. The summed E-state index contributed by atoms with van der Waals surface area (Å²) < 4.78 is 6.68. The van der Waals surface area contributed by atoms with Crippen LogP contribution in [0.5, 0.6) is 5.75 Å². The number of hydrogen-bond acceptors (Lipinski definition) is 4. The molecule has 1 aromatic heterocycles. The molecule has 0 aliphatic heterocycles. The van der Waals surface area contributed by atoms with E-state index >= 15 is 0 Å². The standard InChI is InChI=1S/C25H29N3O3/c1-16(2)28-24(29)22-8-6-5-7-21(22)23(26-28)25(30)27(17(3)19-11-12-19)15-18-9-13-20(31-4)14-10-18/h5-10,13-14,16-17,19H,11-12,15H2,1-4H3. The molecule has 1 amide bonds. The van der Waals surface area contributed by atoms with Crippen molar-refractivity contribution in [3.63, 3.8) is 0 Å². The average Bonchev–Trinajstić information content (AvgIpc) is 3.63. The number of carbonyl (C=O) groups is 1. The van der Waals surface area contributed by atoms with Crippen molar-refractivity contribution < 1.29 is 9.53 Å². The number of rotatable bonds is 7. The van der Waals surface area contributed by atoms with E-state index < -0.39 is 0 Å². The third-order valence-corrected chi connectivity index (χ3v) is 6.09. The Morgan fingerprint density at radius 3 is 2.32 bits per heavy atom. The summed E-state index contributed by atoms with van der Waals surface area (Å²) in [4.78, 5) is 28.7. The Kier molecular flexibility index (Phi) is 5.81. The normalized spacial score (nSPS) is 14.6. The molecule has 31 heavy (non-hydrogen) atoms. The third kappa shape index (κ3) is 4.20. The first-order chi connectivity index (χ1) is 14.9. The Morgan fingerprint density at radius 1 is 1.10 bits per heavy atom. The average molecular weight is 420 g/mol. The van der Waals surface area contributed by atoms with Crippen LogP contribution in [0.25, 0.3) is 10.8 Å². The van der Waals surface area contributed by atoms with E-state index in [1.165, 1.54) is 4.68 Å². The van der Waals surface area contributed by atoms with Crippen LogP contribution in [0.2, 0.25) is 0 Å². The quantitative estimate of drug-likeness (QED) is 0.568. The molecule has 0 bridgehead atoms. The summed E-state index contributed by atoms with van der Waals surface area (Å²) in [6.07, 6.45) is 2.26. The largest absolute Gasteiger partial charge is 0.497 e. The van der Waals surface area contributed by atoms with Gasteiger partial charge in [0.05, 0.1) is 18.5 Å². The number of carbonyl (C=O) groups excluding carboxylic acids is 1. The summed E-state index contributed by atoms with van der Waals surface area (Å²) in [6, 6.07) is 15.0. The first kappa shape index (κ1) is 21.1. The van der Waals surface area contributed by atoms with Crippen LogP contribution in [-0.2, 0) is 6.54 Å². The minimum Gasteiger partial charge on any atom is -0.497 e. The second kappa shape index (κ2) is 8.53. The van der Waals surface area contributed by atoms with Gasteiger partial charge in [-0.2, -0.15) is 5.10 Å². The van der Waals surface area contributed by atoms with E-state index in [-0.39, 0.29) is 23.6 Å². The first-order valence-electron chi connectivity index (χ1n) is 10.9. The van der Waals surface area contributed by atoms with Gasteiger partial charge in [0.15, 0.2) is 5.69 Å². The number of nitrogens with zero attached hydrogens (tertiary/aromatic N) is 3. The van der Waals surface area contributed by atoms with Crippen molar-refractivity contribution in [3.05, 3.63) is 70.1 Å². The van der Waals surface area contributed by atoms with E-state index in [4.69, 9.17) is 4.74 Å². The van der Waals surface area contributed by atoms with Gasteiger partial charge in [0.2, 0.25) is 0 Å². The van der Waals surface area contributed by atoms with E-state index in [1.807, 2.05) is 61.2 Å². The number of benzene rings is 2. The second-order valence-corrected chi connectivity index (χ2v) is 8.60. The number of aromatic nitrogens is 2. The summed E-state index contributed by atoms with van der Waals surface area (Å²) >= 11 is 0. The van der Waals surface area contributed by atoms with Gasteiger partial charge in [0.25, 0.3) is 11.5 Å². The fourth-order valence-electron chi connectivity index (χ4n) is 4.01. The molecule has 4 rings (SSSR count). The summed E-state index contributed by atoms with van der Waals surface area (Å²) in [7, 11) is 1.64. The molecule has 6 nitrogen and oxygen atoms in total. The number of fused-ring (bicyclic) bond motifs is 1. The van der Waals surface area contributed by atoms with Gasteiger partial charge < -0.3 is 9.64 Å². The van der Waals surface area contributed by atoms with Crippen molar-refractivity contribution in [1.29, 1.82) is 0 Å². The highest BCUT2D eigenvalue weighted by Gasteiger charge is 2.36. The minimum atomic E-state index is -0.168. The van der Waals surface area contributed by atoms with Crippen LogP contribution in [0.15, 0.2) is 53.3 Å². The summed E-state index contributed by atoms with van der Waals surface area (Å²) in [5.74, 6) is 1.15. The third-order valence-electron chi connectivity index (χ3n) is 6.09. The summed E-state index contributed by atoms with van der Waals surface area (Å²) in [6.45, 7) is 6.40. The molecule has 0 radical (unpaired) electrons. The molecule has 1 fully saturated rings. The van der Waals surface area contributed by atoms with Crippen molar-refractivity contribution in [1.82, 2.24) is 14.7 Å². The van der Waals surface area contributed by atoms with Crippen LogP contribution in [0, 0.1) is 5.92 Å². The molecule has 1 unspecified atom stereocenters. The van der Waals surface area contributed by atoms with Gasteiger partial charge in [-0.05, 0) is 63.3 Å². The van der Waals surface area contributed by atoms with E-state index in [1.54, 1.807) is 13.2 Å². The smallest absolute Gasteiger partial charge is 0.275 e. The van der Waals surface area contributed by atoms with Crippen molar-refractivity contribution in [2.45, 2.75) is 52.2 Å². The molecule has 3 aromatic rings. The van der Waals surface area contributed by atoms with Gasteiger partial charge in [-0.15, -0.1) is 0 Å². The monoisotopic (exact) mass is 419 g/mol. The van der Waals surface area contributed by atoms with Crippen LogP contribution in [0.3, 0.4) is 0 Å². The van der Waals surface area contributed by atoms with Gasteiger partial charge in [-0.1, -0.05) is 30.3 Å². The fourth-order valence-corrected chi connectivity index (χ4v) is 4.01. The van der Waals surface area contributed by atoms with E-state index in [0.29, 0.717) is 28.9 Å². The predicted octanol–water partition coefficient (Wildman–Crippen LogP) is 4.43. The zero-order valence-corrected chi connectivity index (χ0v) is 18.5. The lowest BCUT2D eigenvalue weighted by molar-refractivity contribution is 0.0647. The van der Waals surface area contributed by atoms with Crippen LogP contribution in [0.4, 0.5) is 0 Å². The fraction of sp³-hybridized carbons (Fsp3) is 0.400. The highest BCUT2D eigenvalue weighted by atomic mass is 16.5. The molecule has 1 atom stereocenters.